The Morgan fingerprint density at radius 3 is 3.10 bits per heavy atom. The number of nitrogens with zero attached hydrogens (tertiary/aromatic N) is 3. The van der Waals surface area contributed by atoms with Crippen LogP contribution in [0.4, 0.5) is 5.69 Å². The highest BCUT2D eigenvalue weighted by Gasteiger charge is 2.15. The number of benzene rings is 1. The molecule has 100 valence electrons. The van der Waals surface area contributed by atoms with Gasteiger partial charge in [0.2, 0.25) is 0 Å². The van der Waals surface area contributed by atoms with Crippen molar-refractivity contribution in [1.29, 1.82) is 0 Å². The molecule has 4 rings (SSSR count). The minimum Gasteiger partial charge on any atom is -0.384 e. The van der Waals surface area contributed by atoms with Gasteiger partial charge in [-0.05, 0) is 41.6 Å². The van der Waals surface area contributed by atoms with Gasteiger partial charge in [0.25, 0.3) is 0 Å². The highest BCUT2D eigenvalue weighted by atomic mass is 32.1. The maximum atomic E-state index is 4.69. The van der Waals surface area contributed by atoms with E-state index in [1.807, 2.05) is 23.2 Å². The lowest BCUT2D eigenvalue weighted by atomic mass is 10.1. The maximum absolute atomic E-state index is 4.69. The highest BCUT2D eigenvalue weighted by molar-refractivity contribution is 7.13. The molecule has 0 saturated heterocycles. The highest BCUT2D eigenvalue weighted by Crippen LogP contribution is 2.29. The zero-order chi connectivity index (χ0) is 13.5. The number of aryl methyl sites for hydroxylation is 1. The molecular formula is C15H14N4S. The second-order valence-corrected chi connectivity index (χ2v) is 5.86. The molecule has 3 aromatic rings. The topological polar surface area (TPSA) is 42.7 Å². The minimum absolute atomic E-state index is 0.802. The summed E-state index contributed by atoms with van der Waals surface area (Å²) in [6.45, 7) is 1.03. The quantitative estimate of drug-likeness (QED) is 0.785. The normalized spacial score (nSPS) is 13.2. The fourth-order valence-corrected chi connectivity index (χ4v) is 3.24. The van der Waals surface area contributed by atoms with Crippen LogP contribution in [0.5, 0.6) is 0 Å². The summed E-state index contributed by atoms with van der Waals surface area (Å²) in [5.74, 6) is 1.72. The van der Waals surface area contributed by atoms with Crippen LogP contribution in [0.3, 0.4) is 0 Å². The predicted octanol–water partition coefficient (Wildman–Crippen LogP) is 3.18. The van der Waals surface area contributed by atoms with E-state index in [0.29, 0.717) is 0 Å². The third-order valence-electron chi connectivity index (χ3n) is 3.58. The number of fused-ring (bicyclic) bond motifs is 1. The summed E-state index contributed by atoms with van der Waals surface area (Å²) in [5.41, 5.74) is 3.74. The van der Waals surface area contributed by atoms with Crippen LogP contribution in [0.25, 0.3) is 22.1 Å². The molecule has 0 aliphatic carbocycles. The average Bonchev–Trinajstić information content (AvgIpc) is 3.17. The molecule has 4 nitrogen and oxygen atoms in total. The minimum atomic E-state index is 0.802. The van der Waals surface area contributed by atoms with Crippen molar-refractivity contribution in [1.82, 2.24) is 14.8 Å². The van der Waals surface area contributed by atoms with Crippen molar-refractivity contribution in [3.8, 4) is 22.1 Å². The fourth-order valence-electron chi connectivity index (χ4n) is 2.59. The molecule has 0 radical (unpaired) electrons. The number of rotatable bonds is 2. The van der Waals surface area contributed by atoms with Gasteiger partial charge in [0.05, 0.1) is 4.88 Å². The first kappa shape index (κ1) is 11.7. The lowest BCUT2D eigenvalue weighted by Crippen LogP contribution is -1.95. The first-order chi connectivity index (χ1) is 9.81. The number of aromatic nitrogens is 3. The van der Waals surface area contributed by atoms with Crippen LogP contribution in [0, 0.1) is 0 Å². The standard InChI is InChI=1S/C15H14N4S/c1-19-15(17-14(18-19)13-3-2-8-20-13)11-4-5-12-10(9-11)6-7-16-12/h2-5,8-9,16H,6-7H2,1H3. The lowest BCUT2D eigenvalue weighted by molar-refractivity contribution is 0.777. The first-order valence-electron chi connectivity index (χ1n) is 6.63. The van der Waals surface area contributed by atoms with Gasteiger partial charge in [-0.15, -0.1) is 16.4 Å². The number of thiophene rings is 1. The molecule has 1 aliphatic heterocycles. The van der Waals surface area contributed by atoms with Crippen molar-refractivity contribution < 1.29 is 0 Å². The van der Waals surface area contributed by atoms with Crippen LogP contribution in [-0.2, 0) is 13.5 Å². The van der Waals surface area contributed by atoms with Crippen molar-refractivity contribution in [3.63, 3.8) is 0 Å². The molecule has 0 fully saturated rings. The molecular weight excluding hydrogens is 268 g/mol. The molecule has 2 aromatic heterocycles. The summed E-state index contributed by atoms with van der Waals surface area (Å²) < 4.78 is 1.86. The maximum Gasteiger partial charge on any atom is 0.191 e. The van der Waals surface area contributed by atoms with E-state index >= 15 is 0 Å². The van der Waals surface area contributed by atoms with Crippen LogP contribution in [0.15, 0.2) is 35.7 Å². The van der Waals surface area contributed by atoms with Gasteiger partial charge >= 0.3 is 0 Å². The molecule has 5 heteroatoms. The van der Waals surface area contributed by atoms with Crippen molar-refractivity contribution in [2.24, 2.45) is 7.05 Å². The van der Waals surface area contributed by atoms with Crippen LogP contribution < -0.4 is 5.32 Å². The Balaban J connectivity index is 1.79. The molecule has 0 bridgehead atoms. The number of anilines is 1. The Labute approximate surface area is 121 Å². The zero-order valence-corrected chi connectivity index (χ0v) is 11.9. The Morgan fingerprint density at radius 1 is 1.30 bits per heavy atom. The predicted molar refractivity (Wildman–Crippen MR) is 81.9 cm³/mol. The number of nitrogens with one attached hydrogen (secondary N) is 1. The van der Waals surface area contributed by atoms with E-state index in [0.717, 1.165) is 35.1 Å². The third kappa shape index (κ3) is 1.82. The summed E-state index contributed by atoms with van der Waals surface area (Å²) in [7, 11) is 1.95. The van der Waals surface area contributed by atoms with E-state index < -0.39 is 0 Å². The van der Waals surface area contributed by atoms with E-state index in [-0.39, 0.29) is 0 Å². The van der Waals surface area contributed by atoms with Crippen LogP contribution in [-0.4, -0.2) is 21.3 Å². The van der Waals surface area contributed by atoms with Crippen molar-refractivity contribution in [2.75, 3.05) is 11.9 Å². The van der Waals surface area contributed by atoms with Gasteiger partial charge in [0.15, 0.2) is 11.6 Å². The molecule has 3 heterocycles. The molecule has 0 amide bonds. The van der Waals surface area contributed by atoms with Gasteiger partial charge in [-0.3, -0.25) is 0 Å². The van der Waals surface area contributed by atoms with Crippen LogP contribution in [0.1, 0.15) is 5.56 Å². The summed E-state index contributed by atoms with van der Waals surface area (Å²) in [4.78, 5) is 5.80. The lowest BCUT2D eigenvalue weighted by Gasteiger charge is -2.03. The zero-order valence-electron chi connectivity index (χ0n) is 11.1. The number of hydrogen-bond acceptors (Lipinski definition) is 4. The SMILES string of the molecule is Cn1nc(-c2cccs2)nc1-c1ccc2c(c1)CCN2. The van der Waals surface area contributed by atoms with Gasteiger partial charge in [0, 0.05) is 24.8 Å². The fraction of sp³-hybridized carbons (Fsp3) is 0.200. The van der Waals surface area contributed by atoms with Gasteiger partial charge in [-0.25, -0.2) is 9.67 Å². The van der Waals surface area contributed by atoms with Crippen molar-refractivity contribution in [2.45, 2.75) is 6.42 Å². The van der Waals surface area contributed by atoms with E-state index in [1.54, 1.807) is 11.3 Å². The second kappa shape index (κ2) is 4.45. The van der Waals surface area contributed by atoms with Crippen molar-refractivity contribution >= 4 is 17.0 Å². The largest absolute Gasteiger partial charge is 0.384 e. The third-order valence-corrected chi connectivity index (χ3v) is 4.44. The van der Waals surface area contributed by atoms with E-state index in [1.165, 1.54) is 11.3 Å². The average molecular weight is 282 g/mol. The number of hydrogen-bond donors (Lipinski definition) is 1. The molecule has 0 unspecified atom stereocenters. The van der Waals surface area contributed by atoms with Crippen molar-refractivity contribution in [3.05, 3.63) is 41.3 Å². The molecule has 1 aliphatic rings. The summed E-state index contributed by atoms with van der Waals surface area (Å²) in [6.07, 6.45) is 1.08. The summed E-state index contributed by atoms with van der Waals surface area (Å²) in [5, 5.41) is 9.95. The van der Waals surface area contributed by atoms with Gasteiger partial charge in [-0.1, -0.05) is 6.07 Å². The van der Waals surface area contributed by atoms with Gasteiger partial charge < -0.3 is 5.32 Å². The monoisotopic (exact) mass is 282 g/mol. The smallest absolute Gasteiger partial charge is 0.191 e. The molecule has 20 heavy (non-hydrogen) atoms. The molecule has 0 atom stereocenters. The molecule has 0 saturated carbocycles. The molecule has 0 spiro atoms. The Bertz CT molecular complexity index is 758. The van der Waals surface area contributed by atoms with Crippen LogP contribution >= 0.6 is 11.3 Å². The summed E-state index contributed by atoms with van der Waals surface area (Å²) >= 11 is 1.67. The first-order valence-corrected chi connectivity index (χ1v) is 7.51. The van der Waals surface area contributed by atoms with E-state index in [2.05, 4.69) is 39.7 Å². The molecule has 1 N–H and O–H groups in total. The second-order valence-electron chi connectivity index (χ2n) is 4.91. The van der Waals surface area contributed by atoms with Gasteiger partial charge in [0.1, 0.15) is 0 Å². The van der Waals surface area contributed by atoms with Crippen LogP contribution in [0.2, 0.25) is 0 Å². The summed E-state index contributed by atoms with van der Waals surface area (Å²) in [6, 6.07) is 10.5. The Morgan fingerprint density at radius 2 is 2.25 bits per heavy atom. The van der Waals surface area contributed by atoms with E-state index in [9.17, 15) is 0 Å². The van der Waals surface area contributed by atoms with Gasteiger partial charge in [-0.2, -0.15) is 0 Å². The Hall–Kier alpha value is -2.14. The Kier molecular flexibility index (Phi) is 2.60. The molecule has 1 aromatic carbocycles. The van der Waals surface area contributed by atoms with E-state index in [4.69, 9.17) is 0 Å².